The summed E-state index contributed by atoms with van der Waals surface area (Å²) in [5, 5.41) is 8.36. The third kappa shape index (κ3) is 5.07. The molecule has 0 fully saturated rings. The first-order valence-electron chi connectivity index (χ1n) is 9.75. The molecule has 4 rings (SSSR count). The number of aromatic nitrogens is 3. The lowest BCUT2D eigenvalue weighted by atomic mass is 10.2. The Balaban J connectivity index is 1.47. The molecule has 1 heterocycles. The van der Waals surface area contributed by atoms with Crippen LogP contribution in [0, 0.1) is 4.77 Å². The van der Waals surface area contributed by atoms with E-state index in [0.29, 0.717) is 39.5 Å². The second-order valence-electron chi connectivity index (χ2n) is 6.89. The Hall–Kier alpha value is -3.00. The first kappa shape index (κ1) is 22.2. The van der Waals surface area contributed by atoms with Crippen molar-refractivity contribution < 1.29 is 9.47 Å². The standard InChI is InChI=1S/C23H20Cl2N4O2S/c1-30-21-8-3-2-7-19(21)22-27-28-23(32)29(22)26-13-15-5-4-6-18(11-15)31-14-16-9-10-17(24)12-20(16)25/h2-12,26H,13-14H2,1H3,(H,28,32). The summed E-state index contributed by atoms with van der Waals surface area (Å²) in [7, 11) is 1.63. The van der Waals surface area contributed by atoms with Gasteiger partial charge in [-0.05, 0) is 54.2 Å². The molecular weight excluding hydrogens is 467 g/mol. The molecule has 6 nitrogen and oxygen atoms in total. The summed E-state index contributed by atoms with van der Waals surface area (Å²) < 4.78 is 13.6. The van der Waals surface area contributed by atoms with Gasteiger partial charge in [0.25, 0.3) is 0 Å². The summed E-state index contributed by atoms with van der Waals surface area (Å²) in [5.41, 5.74) is 6.02. The molecule has 3 aromatic carbocycles. The minimum atomic E-state index is 0.345. The molecule has 0 aliphatic heterocycles. The van der Waals surface area contributed by atoms with E-state index in [-0.39, 0.29) is 0 Å². The summed E-state index contributed by atoms with van der Waals surface area (Å²) >= 11 is 17.6. The number of ether oxygens (including phenoxy) is 2. The van der Waals surface area contributed by atoms with Crippen LogP contribution in [0.4, 0.5) is 0 Å². The number of para-hydroxylation sites is 1. The van der Waals surface area contributed by atoms with Gasteiger partial charge in [0.1, 0.15) is 18.1 Å². The van der Waals surface area contributed by atoms with Crippen LogP contribution in [0.5, 0.6) is 11.5 Å². The van der Waals surface area contributed by atoms with Crippen molar-refractivity contribution in [1.29, 1.82) is 0 Å². The van der Waals surface area contributed by atoms with E-state index in [1.165, 1.54) is 0 Å². The maximum Gasteiger partial charge on any atom is 0.214 e. The Bertz CT molecular complexity index is 1290. The van der Waals surface area contributed by atoms with Crippen LogP contribution < -0.4 is 14.9 Å². The van der Waals surface area contributed by atoms with Gasteiger partial charge in [-0.15, -0.1) is 0 Å². The van der Waals surface area contributed by atoms with Crippen molar-refractivity contribution in [1.82, 2.24) is 14.9 Å². The van der Waals surface area contributed by atoms with Gasteiger partial charge in [-0.2, -0.15) is 5.10 Å². The highest BCUT2D eigenvalue weighted by Crippen LogP contribution is 2.28. The van der Waals surface area contributed by atoms with Crippen molar-refractivity contribution in [2.75, 3.05) is 12.5 Å². The fourth-order valence-electron chi connectivity index (χ4n) is 3.17. The molecule has 0 atom stereocenters. The van der Waals surface area contributed by atoms with Crippen molar-refractivity contribution >= 4 is 35.4 Å². The molecule has 0 bridgehead atoms. The zero-order valence-electron chi connectivity index (χ0n) is 17.1. The zero-order chi connectivity index (χ0) is 22.5. The number of H-pyrrole nitrogens is 1. The topological polar surface area (TPSA) is 64.1 Å². The number of halogens is 2. The van der Waals surface area contributed by atoms with Crippen molar-refractivity contribution in [3.8, 4) is 22.9 Å². The van der Waals surface area contributed by atoms with Crippen molar-refractivity contribution in [2.45, 2.75) is 13.2 Å². The molecule has 0 spiro atoms. The highest BCUT2D eigenvalue weighted by Gasteiger charge is 2.13. The average molecular weight is 487 g/mol. The van der Waals surface area contributed by atoms with Crippen LogP contribution in [-0.2, 0) is 13.2 Å². The van der Waals surface area contributed by atoms with Gasteiger partial charge >= 0.3 is 0 Å². The first-order chi connectivity index (χ1) is 15.5. The van der Waals surface area contributed by atoms with E-state index in [0.717, 1.165) is 22.4 Å². The minimum absolute atomic E-state index is 0.345. The minimum Gasteiger partial charge on any atom is -0.496 e. The molecule has 0 saturated heterocycles. The third-order valence-corrected chi connectivity index (χ3v) is 5.63. The SMILES string of the molecule is COc1ccccc1-c1n[nH]c(=S)n1NCc1cccc(OCc2ccc(Cl)cc2Cl)c1. The number of hydrogen-bond donors (Lipinski definition) is 2. The Morgan fingerprint density at radius 2 is 1.91 bits per heavy atom. The smallest absolute Gasteiger partial charge is 0.214 e. The van der Waals surface area contributed by atoms with Gasteiger partial charge in [0.15, 0.2) is 5.82 Å². The van der Waals surface area contributed by atoms with Crippen LogP contribution in [-0.4, -0.2) is 22.0 Å². The summed E-state index contributed by atoms with van der Waals surface area (Å²) in [6, 6.07) is 20.8. The number of rotatable bonds is 8. The lowest BCUT2D eigenvalue weighted by molar-refractivity contribution is 0.306. The van der Waals surface area contributed by atoms with Crippen molar-refractivity contribution in [3.05, 3.63) is 92.7 Å². The Morgan fingerprint density at radius 3 is 2.72 bits per heavy atom. The number of aromatic amines is 1. The van der Waals surface area contributed by atoms with Gasteiger partial charge in [0.05, 0.1) is 19.2 Å². The third-order valence-electron chi connectivity index (χ3n) is 4.77. The molecule has 4 aromatic rings. The van der Waals surface area contributed by atoms with Crippen molar-refractivity contribution in [2.24, 2.45) is 0 Å². The lowest BCUT2D eigenvalue weighted by Gasteiger charge is -2.13. The van der Waals surface area contributed by atoms with Crippen LogP contribution in [0.1, 0.15) is 11.1 Å². The van der Waals surface area contributed by atoms with Gasteiger partial charge < -0.3 is 14.9 Å². The summed E-state index contributed by atoms with van der Waals surface area (Å²) in [6.07, 6.45) is 0. The van der Waals surface area contributed by atoms with Gasteiger partial charge in [-0.3, -0.25) is 0 Å². The quantitative estimate of drug-likeness (QED) is 0.288. The van der Waals surface area contributed by atoms with E-state index in [2.05, 4.69) is 15.6 Å². The molecule has 0 aliphatic rings. The summed E-state index contributed by atoms with van der Waals surface area (Å²) in [5.74, 6) is 2.08. The Morgan fingerprint density at radius 1 is 1.06 bits per heavy atom. The van der Waals surface area contributed by atoms with Gasteiger partial charge in [-0.25, -0.2) is 9.77 Å². The fraction of sp³-hybridized carbons (Fsp3) is 0.130. The predicted molar refractivity (Wildman–Crippen MR) is 130 cm³/mol. The molecule has 0 amide bonds. The molecule has 164 valence electrons. The maximum atomic E-state index is 6.23. The second kappa shape index (κ2) is 10.1. The van der Waals surface area contributed by atoms with Crippen LogP contribution in [0.3, 0.4) is 0 Å². The normalized spacial score (nSPS) is 10.7. The highest BCUT2D eigenvalue weighted by atomic mass is 35.5. The highest BCUT2D eigenvalue weighted by molar-refractivity contribution is 7.71. The fourth-order valence-corrected chi connectivity index (χ4v) is 3.83. The summed E-state index contributed by atoms with van der Waals surface area (Å²) in [6.45, 7) is 0.854. The van der Waals surface area contributed by atoms with Crippen LogP contribution in [0.2, 0.25) is 10.0 Å². The van der Waals surface area contributed by atoms with Gasteiger partial charge in [0.2, 0.25) is 4.77 Å². The van der Waals surface area contributed by atoms with E-state index in [9.17, 15) is 0 Å². The Labute approximate surface area is 200 Å². The number of nitrogens with zero attached hydrogens (tertiary/aromatic N) is 2. The average Bonchev–Trinajstić information content (AvgIpc) is 3.17. The molecule has 2 N–H and O–H groups in total. The number of hydrogen-bond acceptors (Lipinski definition) is 5. The van der Waals surface area contributed by atoms with Crippen molar-refractivity contribution in [3.63, 3.8) is 0 Å². The molecular formula is C23H20Cl2N4O2S. The van der Waals surface area contributed by atoms with Crippen LogP contribution in [0.25, 0.3) is 11.4 Å². The molecule has 0 radical (unpaired) electrons. The summed E-state index contributed by atoms with van der Waals surface area (Å²) in [4.78, 5) is 0. The predicted octanol–water partition coefficient (Wildman–Crippen LogP) is 6.25. The molecule has 0 unspecified atom stereocenters. The molecule has 0 saturated carbocycles. The monoisotopic (exact) mass is 486 g/mol. The van der Waals surface area contributed by atoms with E-state index >= 15 is 0 Å². The van der Waals surface area contributed by atoms with E-state index in [1.807, 2.05) is 54.6 Å². The molecule has 9 heteroatoms. The molecule has 1 aromatic heterocycles. The van der Waals surface area contributed by atoms with Crippen LogP contribution >= 0.6 is 35.4 Å². The van der Waals surface area contributed by atoms with Gasteiger partial charge in [0, 0.05) is 15.6 Å². The Kier molecular flexibility index (Phi) is 6.99. The van der Waals surface area contributed by atoms with E-state index in [4.69, 9.17) is 44.9 Å². The second-order valence-corrected chi connectivity index (χ2v) is 8.13. The van der Waals surface area contributed by atoms with E-state index in [1.54, 1.807) is 23.9 Å². The largest absolute Gasteiger partial charge is 0.496 e. The molecule has 32 heavy (non-hydrogen) atoms. The lowest BCUT2D eigenvalue weighted by Crippen LogP contribution is -2.16. The number of benzene rings is 3. The molecule has 0 aliphatic carbocycles. The van der Waals surface area contributed by atoms with Gasteiger partial charge in [-0.1, -0.05) is 53.5 Å². The van der Waals surface area contributed by atoms with E-state index < -0.39 is 0 Å². The number of nitrogens with one attached hydrogen (secondary N) is 2. The van der Waals surface area contributed by atoms with Crippen LogP contribution in [0.15, 0.2) is 66.7 Å². The maximum absolute atomic E-state index is 6.23. The number of methoxy groups -OCH3 is 1. The zero-order valence-corrected chi connectivity index (χ0v) is 19.5. The first-order valence-corrected chi connectivity index (χ1v) is 10.9.